The molecule has 2 aliphatic rings. The van der Waals surface area contributed by atoms with Crippen molar-refractivity contribution in [3.05, 3.63) is 11.1 Å². The molecule has 116 valence electrons. The minimum absolute atomic E-state index is 0.0243. The van der Waals surface area contributed by atoms with Gasteiger partial charge in [-0.05, 0) is 0 Å². The van der Waals surface area contributed by atoms with E-state index in [4.69, 9.17) is 4.74 Å². The van der Waals surface area contributed by atoms with Crippen molar-refractivity contribution in [2.24, 2.45) is 0 Å². The van der Waals surface area contributed by atoms with Crippen molar-refractivity contribution in [1.82, 2.24) is 15.2 Å². The van der Waals surface area contributed by atoms with Gasteiger partial charge in [-0.2, -0.15) is 11.8 Å². The first kappa shape index (κ1) is 14.9. The summed E-state index contributed by atoms with van der Waals surface area (Å²) in [6.07, 6.45) is 0. The van der Waals surface area contributed by atoms with E-state index in [1.807, 2.05) is 22.0 Å². The van der Waals surface area contributed by atoms with E-state index >= 15 is 0 Å². The zero-order valence-corrected chi connectivity index (χ0v) is 13.5. The Bertz CT molecular complexity index is 470. The number of thioether (sulfide) groups is 1. The van der Waals surface area contributed by atoms with Gasteiger partial charge in [0.2, 0.25) is 0 Å². The molecule has 0 unspecified atom stereocenters. The van der Waals surface area contributed by atoms with Gasteiger partial charge in [-0.25, -0.2) is 9.78 Å². The van der Waals surface area contributed by atoms with E-state index in [1.165, 1.54) is 0 Å². The third kappa shape index (κ3) is 4.02. The van der Waals surface area contributed by atoms with Gasteiger partial charge >= 0.3 is 6.03 Å². The quantitative estimate of drug-likeness (QED) is 0.905. The number of nitrogens with one attached hydrogen (secondary N) is 1. The van der Waals surface area contributed by atoms with Gasteiger partial charge < -0.3 is 19.9 Å². The van der Waals surface area contributed by atoms with Gasteiger partial charge in [0.1, 0.15) is 0 Å². The molecule has 0 atom stereocenters. The number of rotatable bonds is 3. The molecule has 1 aromatic heterocycles. The van der Waals surface area contributed by atoms with Crippen molar-refractivity contribution in [3.63, 3.8) is 0 Å². The summed E-state index contributed by atoms with van der Waals surface area (Å²) in [5.41, 5.74) is 0.932. The van der Waals surface area contributed by atoms with Crippen LogP contribution in [0.25, 0.3) is 0 Å². The highest BCUT2D eigenvalue weighted by atomic mass is 32.2. The van der Waals surface area contributed by atoms with Crippen molar-refractivity contribution >= 4 is 34.3 Å². The number of ether oxygens (including phenoxy) is 1. The number of nitrogens with zero attached hydrogens (tertiary/aromatic N) is 3. The maximum absolute atomic E-state index is 12.0. The largest absolute Gasteiger partial charge is 0.378 e. The fourth-order valence-electron chi connectivity index (χ4n) is 2.32. The van der Waals surface area contributed by atoms with Crippen molar-refractivity contribution in [2.75, 3.05) is 55.8 Å². The molecule has 1 N–H and O–H groups in total. The SMILES string of the molecule is O=C(NCc1csc(N2CCOCC2)n1)N1CCSCC1. The first-order valence-electron chi connectivity index (χ1n) is 7.20. The summed E-state index contributed by atoms with van der Waals surface area (Å²) in [6.45, 7) is 5.50. The molecular formula is C13H20N4O2S2. The highest BCUT2D eigenvalue weighted by Crippen LogP contribution is 2.21. The molecule has 0 spiro atoms. The van der Waals surface area contributed by atoms with Crippen LogP contribution in [0.4, 0.5) is 9.93 Å². The summed E-state index contributed by atoms with van der Waals surface area (Å²) < 4.78 is 5.35. The highest BCUT2D eigenvalue weighted by Gasteiger charge is 2.17. The predicted octanol–water partition coefficient (Wildman–Crippen LogP) is 1.24. The zero-order chi connectivity index (χ0) is 14.5. The molecular weight excluding hydrogens is 308 g/mol. The monoisotopic (exact) mass is 328 g/mol. The number of hydrogen-bond donors (Lipinski definition) is 1. The van der Waals surface area contributed by atoms with Gasteiger partial charge in [0.25, 0.3) is 0 Å². The second-order valence-corrected chi connectivity index (χ2v) is 7.04. The molecule has 8 heteroatoms. The van der Waals surface area contributed by atoms with E-state index in [0.717, 1.165) is 61.7 Å². The Morgan fingerprint density at radius 2 is 2.05 bits per heavy atom. The van der Waals surface area contributed by atoms with Crippen LogP contribution in [0.5, 0.6) is 0 Å². The Kier molecular flexibility index (Phi) is 5.21. The van der Waals surface area contributed by atoms with Crippen LogP contribution < -0.4 is 10.2 Å². The zero-order valence-electron chi connectivity index (χ0n) is 11.9. The second kappa shape index (κ2) is 7.33. The lowest BCUT2D eigenvalue weighted by molar-refractivity contribution is 0.122. The molecule has 3 heterocycles. The second-order valence-electron chi connectivity index (χ2n) is 4.98. The molecule has 0 radical (unpaired) electrons. The molecule has 6 nitrogen and oxygen atoms in total. The van der Waals surface area contributed by atoms with E-state index in [0.29, 0.717) is 6.54 Å². The normalized spacial score (nSPS) is 19.6. The van der Waals surface area contributed by atoms with Crippen molar-refractivity contribution in [2.45, 2.75) is 6.54 Å². The molecule has 21 heavy (non-hydrogen) atoms. The number of morpholine rings is 1. The molecule has 3 rings (SSSR count). The average Bonchev–Trinajstić information content (AvgIpc) is 3.03. The number of carbonyl (C=O) groups excluding carboxylic acids is 1. The minimum Gasteiger partial charge on any atom is -0.378 e. The molecule has 0 saturated carbocycles. The Hall–Kier alpha value is -0.990. The van der Waals surface area contributed by atoms with Crippen molar-refractivity contribution < 1.29 is 9.53 Å². The first-order chi connectivity index (χ1) is 10.3. The number of thiazole rings is 1. The number of hydrogen-bond acceptors (Lipinski definition) is 6. The average molecular weight is 328 g/mol. The van der Waals surface area contributed by atoms with Crippen LogP contribution in [0.3, 0.4) is 0 Å². The number of urea groups is 1. The molecule has 0 bridgehead atoms. The van der Waals surface area contributed by atoms with Gasteiger partial charge in [-0.3, -0.25) is 0 Å². The van der Waals surface area contributed by atoms with Crippen LogP contribution in [0.15, 0.2) is 5.38 Å². The van der Waals surface area contributed by atoms with Crippen LogP contribution >= 0.6 is 23.1 Å². The standard InChI is InChI=1S/C13H20N4O2S2/c18-12(16-3-7-20-8-4-16)14-9-11-10-21-13(15-11)17-1-5-19-6-2-17/h10H,1-9H2,(H,14,18). The Morgan fingerprint density at radius 1 is 1.29 bits per heavy atom. The number of carbonyl (C=O) groups is 1. The fourth-order valence-corrected chi connectivity index (χ4v) is 4.10. The van der Waals surface area contributed by atoms with Crippen LogP contribution in [-0.2, 0) is 11.3 Å². The summed E-state index contributed by atoms with van der Waals surface area (Å²) in [4.78, 5) is 20.8. The lowest BCUT2D eigenvalue weighted by Gasteiger charge is -2.26. The molecule has 2 aliphatic heterocycles. The third-order valence-electron chi connectivity index (χ3n) is 3.54. The van der Waals surface area contributed by atoms with Crippen molar-refractivity contribution in [3.8, 4) is 0 Å². The Labute approximate surface area is 132 Å². The maximum atomic E-state index is 12.0. The summed E-state index contributed by atoms with van der Waals surface area (Å²) in [7, 11) is 0. The molecule has 2 amide bonds. The molecule has 0 aliphatic carbocycles. The fraction of sp³-hybridized carbons (Fsp3) is 0.692. The van der Waals surface area contributed by atoms with Crippen LogP contribution in [0.2, 0.25) is 0 Å². The molecule has 0 aromatic carbocycles. The van der Waals surface area contributed by atoms with E-state index in [1.54, 1.807) is 11.3 Å². The highest BCUT2D eigenvalue weighted by molar-refractivity contribution is 7.99. The van der Waals surface area contributed by atoms with E-state index in [2.05, 4.69) is 15.2 Å². The first-order valence-corrected chi connectivity index (χ1v) is 9.24. The Balaban J connectivity index is 1.48. The number of aromatic nitrogens is 1. The lowest BCUT2D eigenvalue weighted by Crippen LogP contribution is -2.44. The summed E-state index contributed by atoms with van der Waals surface area (Å²) >= 11 is 3.54. The van der Waals surface area contributed by atoms with Gasteiger partial charge in [0, 0.05) is 43.1 Å². The van der Waals surface area contributed by atoms with Crippen LogP contribution in [0.1, 0.15) is 5.69 Å². The molecule has 2 fully saturated rings. The number of amides is 2. The smallest absolute Gasteiger partial charge is 0.317 e. The van der Waals surface area contributed by atoms with Gasteiger partial charge in [0.15, 0.2) is 5.13 Å². The summed E-state index contributed by atoms with van der Waals surface area (Å²) in [6, 6.07) is 0.0243. The lowest BCUT2D eigenvalue weighted by atomic mass is 10.4. The van der Waals surface area contributed by atoms with E-state index in [9.17, 15) is 4.79 Å². The van der Waals surface area contributed by atoms with Crippen LogP contribution in [0, 0.1) is 0 Å². The maximum Gasteiger partial charge on any atom is 0.317 e. The molecule has 2 saturated heterocycles. The predicted molar refractivity (Wildman–Crippen MR) is 86.3 cm³/mol. The topological polar surface area (TPSA) is 57.7 Å². The molecule has 1 aromatic rings. The van der Waals surface area contributed by atoms with Gasteiger partial charge in [0.05, 0.1) is 25.5 Å². The minimum atomic E-state index is 0.0243. The van der Waals surface area contributed by atoms with Gasteiger partial charge in [-0.15, -0.1) is 11.3 Å². The van der Waals surface area contributed by atoms with E-state index in [-0.39, 0.29) is 6.03 Å². The third-order valence-corrected chi connectivity index (χ3v) is 5.43. The van der Waals surface area contributed by atoms with E-state index < -0.39 is 0 Å². The van der Waals surface area contributed by atoms with Gasteiger partial charge in [-0.1, -0.05) is 0 Å². The van der Waals surface area contributed by atoms with Crippen LogP contribution in [-0.4, -0.2) is 66.8 Å². The van der Waals surface area contributed by atoms with Crippen molar-refractivity contribution in [1.29, 1.82) is 0 Å². The summed E-state index contributed by atoms with van der Waals surface area (Å²) in [5, 5.41) is 6.01. The Morgan fingerprint density at radius 3 is 2.81 bits per heavy atom. The number of anilines is 1. The summed E-state index contributed by atoms with van der Waals surface area (Å²) in [5.74, 6) is 2.07.